The molecule has 4 aromatic rings. The van der Waals surface area contributed by atoms with E-state index in [4.69, 9.17) is 10.8 Å². The van der Waals surface area contributed by atoms with Crippen LogP contribution in [0.25, 0.3) is 20.8 Å². The van der Waals surface area contributed by atoms with Crippen LogP contribution in [-0.4, -0.2) is 31.5 Å². The number of hydrogen-bond donors (Lipinski definition) is 2. The third-order valence-corrected chi connectivity index (χ3v) is 6.94. The molecule has 1 saturated carbocycles. The maximum atomic E-state index is 12.3. The van der Waals surface area contributed by atoms with E-state index in [1.165, 1.54) is 26.7 Å². The van der Waals surface area contributed by atoms with E-state index < -0.39 is 0 Å². The summed E-state index contributed by atoms with van der Waals surface area (Å²) < 4.78 is 2.68. The fraction of sp³-hybridized carbons (Fsp3) is 0.238. The molecule has 0 unspecified atom stereocenters. The molecule has 1 aliphatic rings. The Labute approximate surface area is 181 Å². The van der Waals surface area contributed by atoms with Gasteiger partial charge in [-0.3, -0.25) is 4.79 Å². The van der Waals surface area contributed by atoms with Gasteiger partial charge in [0.25, 0.3) is 0 Å². The number of nitrogens with one attached hydrogen (secondary N) is 1. The molecule has 1 amide bonds. The zero-order chi connectivity index (χ0) is 20.7. The fourth-order valence-electron chi connectivity index (χ4n) is 3.19. The van der Waals surface area contributed by atoms with E-state index in [0.29, 0.717) is 11.1 Å². The number of amides is 1. The Kier molecular flexibility index (Phi) is 4.92. The summed E-state index contributed by atoms with van der Waals surface area (Å²) in [5.74, 6) is 7.36. The molecule has 30 heavy (non-hydrogen) atoms. The maximum Gasteiger partial charge on any atom is 0.234 e. The van der Waals surface area contributed by atoms with Gasteiger partial charge in [0.05, 0.1) is 16.0 Å². The molecule has 3 N–H and O–H groups in total. The van der Waals surface area contributed by atoms with Crippen LogP contribution in [0.3, 0.4) is 0 Å². The van der Waals surface area contributed by atoms with Crippen molar-refractivity contribution in [2.45, 2.75) is 30.8 Å². The van der Waals surface area contributed by atoms with Gasteiger partial charge in [-0.05, 0) is 61.7 Å². The minimum atomic E-state index is -0.112. The number of fused-ring (bicyclic) bond motifs is 1. The molecule has 0 bridgehead atoms. The predicted molar refractivity (Wildman–Crippen MR) is 121 cm³/mol. The number of nitrogens with zero attached hydrogens (tertiary/aromatic N) is 4. The smallest absolute Gasteiger partial charge is 0.234 e. The van der Waals surface area contributed by atoms with Crippen LogP contribution in [0.4, 0.5) is 5.69 Å². The first kappa shape index (κ1) is 19.1. The van der Waals surface area contributed by atoms with Crippen LogP contribution in [0.5, 0.6) is 0 Å². The highest BCUT2D eigenvalue weighted by Crippen LogP contribution is 2.39. The summed E-state index contributed by atoms with van der Waals surface area (Å²) in [6.07, 6.45) is 2.21. The molecule has 0 saturated heterocycles. The molecule has 5 rings (SSSR count). The van der Waals surface area contributed by atoms with E-state index >= 15 is 0 Å². The Hall–Kier alpha value is -2.91. The van der Waals surface area contributed by atoms with E-state index in [0.717, 1.165) is 40.4 Å². The zero-order valence-electron chi connectivity index (χ0n) is 16.3. The number of hydrogen-bond acceptors (Lipinski definition) is 7. The number of aromatic nitrogens is 4. The van der Waals surface area contributed by atoms with Gasteiger partial charge in [0.1, 0.15) is 5.01 Å². The topological polar surface area (TPSA) is 98.7 Å². The minimum absolute atomic E-state index is 0.112. The standard InChI is InChI=1S/C21H20N6OS2/c1-12-2-9-16-17(10-12)30-20(24-16)14-5-7-15(8-6-14)23-18(28)11-29-21-26-25-19(27(21)22)13-3-4-13/h2,5-10,13H,3-4,11,22H2,1H3,(H,23,28). The summed E-state index contributed by atoms with van der Waals surface area (Å²) >= 11 is 2.96. The molecule has 1 fully saturated rings. The third-order valence-electron chi connectivity index (χ3n) is 4.93. The second kappa shape index (κ2) is 7.73. The van der Waals surface area contributed by atoms with E-state index in [9.17, 15) is 4.79 Å². The fourth-order valence-corrected chi connectivity index (χ4v) is 4.92. The Morgan fingerprint density at radius 1 is 1.23 bits per heavy atom. The largest absolute Gasteiger partial charge is 0.336 e. The lowest BCUT2D eigenvalue weighted by atomic mass is 10.2. The number of nitrogens with two attached hydrogens (primary N) is 1. The Bertz CT molecular complexity index is 1230. The van der Waals surface area contributed by atoms with Crippen molar-refractivity contribution in [1.82, 2.24) is 19.9 Å². The number of benzene rings is 2. The van der Waals surface area contributed by atoms with Gasteiger partial charge in [0.2, 0.25) is 11.1 Å². The molecule has 7 nitrogen and oxygen atoms in total. The van der Waals surface area contributed by atoms with Gasteiger partial charge in [0, 0.05) is 17.2 Å². The van der Waals surface area contributed by atoms with Crippen molar-refractivity contribution in [3.63, 3.8) is 0 Å². The van der Waals surface area contributed by atoms with Gasteiger partial charge >= 0.3 is 0 Å². The first-order valence-corrected chi connectivity index (χ1v) is 11.5. The average molecular weight is 437 g/mol. The number of carbonyl (C=O) groups excluding carboxylic acids is 1. The summed E-state index contributed by atoms with van der Waals surface area (Å²) in [7, 11) is 0. The second-order valence-electron chi connectivity index (χ2n) is 7.39. The van der Waals surface area contributed by atoms with Gasteiger partial charge < -0.3 is 11.2 Å². The van der Waals surface area contributed by atoms with Crippen molar-refractivity contribution in [3.8, 4) is 10.6 Å². The van der Waals surface area contributed by atoms with Crippen LogP contribution in [0, 0.1) is 6.92 Å². The third kappa shape index (κ3) is 3.90. The number of thioether (sulfide) groups is 1. The highest BCUT2D eigenvalue weighted by molar-refractivity contribution is 7.99. The second-order valence-corrected chi connectivity index (χ2v) is 9.36. The van der Waals surface area contributed by atoms with Gasteiger partial charge in [-0.1, -0.05) is 17.8 Å². The number of thiazole rings is 1. The predicted octanol–water partition coefficient (Wildman–Crippen LogP) is 4.19. The lowest BCUT2D eigenvalue weighted by Gasteiger charge is -2.06. The summed E-state index contributed by atoms with van der Waals surface area (Å²) in [6.45, 7) is 2.08. The zero-order valence-corrected chi connectivity index (χ0v) is 18.0. The van der Waals surface area contributed by atoms with E-state index in [-0.39, 0.29) is 11.7 Å². The molecule has 0 spiro atoms. The maximum absolute atomic E-state index is 12.3. The summed E-state index contributed by atoms with van der Waals surface area (Å²) in [5, 5.41) is 12.7. The highest BCUT2D eigenvalue weighted by atomic mass is 32.2. The van der Waals surface area contributed by atoms with Crippen LogP contribution in [0.15, 0.2) is 47.6 Å². The highest BCUT2D eigenvalue weighted by Gasteiger charge is 2.30. The van der Waals surface area contributed by atoms with Gasteiger partial charge in [-0.25, -0.2) is 9.66 Å². The summed E-state index contributed by atoms with van der Waals surface area (Å²) in [4.78, 5) is 17.0. The number of rotatable bonds is 6. The molecule has 9 heteroatoms. The monoisotopic (exact) mass is 436 g/mol. The number of aryl methyl sites for hydroxylation is 1. The first-order chi connectivity index (χ1) is 14.6. The van der Waals surface area contributed by atoms with Crippen LogP contribution < -0.4 is 11.2 Å². The van der Waals surface area contributed by atoms with E-state index in [1.807, 2.05) is 30.3 Å². The molecule has 152 valence electrons. The molecule has 2 heterocycles. The summed E-state index contributed by atoms with van der Waals surface area (Å²) in [6, 6.07) is 14.0. The Morgan fingerprint density at radius 2 is 2.03 bits per heavy atom. The van der Waals surface area contributed by atoms with Crippen molar-refractivity contribution in [2.24, 2.45) is 0 Å². The Morgan fingerprint density at radius 3 is 2.80 bits per heavy atom. The number of carbonyl (C=O) groups is 1. The number of anilines is 1. The van der Waals surface area contributed by atoms with Crippen LogP contribution >= 0.6 is 23.1 Å². The quantitative estimate of drug-likeness (QED) is 0.347. The minimum Gasteiger partial charge on any atom is -0.336 e. The van der Waals surface area contributed by atoms with Crippen LogP contribution in [0.1, 0.15) is 30.1 Å². The molecule has 0 atom stereocenters. The van der Waals surface area contributed by atoms with Gasteiger partial charge in [-0.15, -0.1) is 21.5 Å². The van der Waals surface area contributed by atoms with Crippen molar-refractivity contribution in [3.05, 3.63) is 53.9 Å². The summed E-state index contributed by atoms with van der Waals surface area (Å²) in [5.41, 5.74) is 4.01. The Balaban J connectivity index is 1.21. The van der Waals surface area contributed by atoms with E-state index in [2.05, 4.69) is 34.6 Å². The molecule has 0 radical (unpaired) electrons. The lowest BCUT2D eigenvalue weighted by molar-refractivity contribution is -0.113. The van der Waals surface area contributed by atoms with Crippen molar-refractivity contribution < 1.29 is 4.79 Å². The molecular weight excluding hydrogens is 416 g/mol. The molecular formula is C21H20N6OS2. The SMILES string of the molecule is Cc1ccc2nc(-c3ccc(NC(=O)CSc4nnc(C5CC5)n4N)cc3)sc2c1. The molecule has 2 aromatic carbocycles. The molecule has 1 aliphatic carbocycles. The number of nitrogen functional groups attached to an aromatic ring is 1. The average Bonchev–Trinajstić information content (AvgIpc) is 3.38. The van der Waals surface area contributed by atoms with E-state index in [1.54, 1.807) is 11.3 Å². The van der Waals surface area contributed by atoms with Gasteiger partial charge in [-0.2, -0.15) is 0 Å². The van der Waals surface area contributed by atoms with Crippen molar-refractivity contribution >= 4 is 44.9 Å². The van der Waals surface area contributed by atoms with Gasteiger partial charge in [0.15, 0.2) is 5.82 Å². The van der Waals surface area contributed by atoms with Crippen molar-refractivity contribution in [2.75, 3.05) is 16.9 Å². The lowest BCUT2D eigenvalue weighted by Crippen LogP contribution is -2.17. The molecule has 0 aliphatic heterocycles. The molecule has 2 aromatic heterocycles. The normalized spacial score (nSPS) is 13.6. The van der Waals surface area contributed by atoms with Crippen LogP contribution in [0.2, 0.25) is 0 Å². The van der Waals surface area contributed by atoms with Crippen LogP contribution in [-0.2, 0) is 4.79 Å². The van der Waals surface area contributed by atoms with Crippen molar-refractivity contribution in [1.29, 1.82) is 0 Å². The first-order valence-electron chi connectivity index (χ1n) is 9.67.